The van der Waals surface area contributed by atoms with E-state index in [1.54, 1.807) is 29.6 Å². The van der Waals surface area contributed by atoms with Crippen molar-refractivity contribution in [2.75, 3.05) is 14.1 Å². The Morgan fingerprint density at radius 2 is 1.77 bits per heavy atom. The Labute approximate surface area is 156 Å². The number of thioether (sulfide) groups is 1. The molecule has 0 aliphatic rings. The molecule has 26 heavy (non-hydrogen) atoms. The predicted octanol–water partition coefficient (Wildman–Crippen LogP) is 3.26. The Kier molecular flexibility index (Phi) is 5.13. The van der Waals surface area contributed by atoms with Crippen molar-refractivity contribution in [3.63, 3.8) is 0 Å². The number of carbonyl (C=O) groups is 1. The number of aromatic nitrogens is 2. The predicted molar refractivity (Wildman–Crippen MR) is 106 cm³/mol. The second kappa shape index (κ2) is 7.33. The third-order valence-corrected chi connectivity index (χ3v) is 5.21. The first-order valence-corrected chi connectivity index (χ1v) is 9.23. The molecule has 0 spiro atoms. The maximum atomic E-state index is 13.2. The summed E-state index contributed by atoms with van der Waals surface area (Å²) >= 11 is 1.30. The molecule has 134 valence electrons. The second-order valence-corrected chi connectivity index (χ2v) is 7.64. The summed E-state index contributed by atoms with van der Waals surface area (Å²) in [5.41, 5.74) is 2.26. The fourth-order valence-corrected chi connectivity index (χ4v) is 3.86. The fourth-order valence-electron chi connectivity index (χ4n) is 2.79. The molecule has 0 aliphatic heterocycles. The third kappa shape index (κ3) is 3.37. The molecule has 1 atom stereocenters. The van der Waals surface area contributed by atoms with Crippen molar-refractivity contribution in [2.24, 2.45) is 0 Å². The van der Waals surface area contributed by atoms with Crippen LogP contribution in [0.2, 0.25) is 0 Å². The summed E-state index contributed by atoms with van der Waals surface area (Å²) in [7, 11) is 3.45. The van der Waals surface area contributed by atoms with Crippen LogP contribution in [0, 0.1) is 6.92 Å². The number of aryl methyl sites for hydroxylation is 1. The van der Waals surface area contributed by atoms with Crippen LogP contribution >= 0.6 is 11.8 Å². The monoisotopic (exact) mass is 367 g/mol. The average Bonchev–Trinajstić information content (AvgIpc) is 2.62. The molecule has 0 fully saturated rings. The molecule has 2 aromatic carbocycles. The van der Waals surface area contributed by atoms with Crippen LogP contribution in [0.4, 0.5) is 0 Å². The molecule has 0 saturated heterocycles. The van der Waals surface area contributed by atoms with Gasteiger partial charge in [0, 0.05) is 14.1 Å². The lowest BCUT2D eigenvalue weighted by Crippen LogP contribution is -2.31. The first-order valence-electron chi connectivity index (χ1n) is 8.35. The molecular weight excluding hydrogens is 346 g/mol. The zero-order chi connectivity index (χ0) is 18.8. The van der Waals surface area contributed by atoms with Crippen LogP contribution in [0.1, 0.15) is 12.5 Å². The summed E-state index contributed by atoms with van der Waals surface area (Å²) in [6.07, 6.45) is 0. The van der Waals surface area contributed by atoms with Crippen molar-refractivity contribution in [3.05, 3.63) is 64.4 Å². The summed E-state index contributed by atoms with van der Waals surface area (Å²) < 4.78 is 1.61. The van der Waals surface area contributed by atoms with E-state index in [0.717, 1.165) is 11.3 Å². The van der Waals surface area contributed by atoms with E-state index in [9.17, 15) is 9.59 Å². The van der Waals surface area contributed by atoms with Crippen molar-refractivity contribution in [2.45, 2.75) is 24.3 Å². The first-order chi connectivity index (χ1) is 12.4. The van der Waals surface area contributed by atoms with Gasteiger partial charge in [0.1, 0.15) is 0 Å². The average molecular weight is 367 g/mol. The Hall–Kier alpha value is -2.60. The van der Waals surface area contributed by atoms with Crippen LogP contribution in [0.25, 0.3) is 16.6 Å². The minimum Gasteiger partial charge on any atom is -0.348 e. The van der Waals surface area contributed by atoms with E-state index in [1.807, 2.05) is 56.3 Å². The SMILES string of the molecule is Cc1ccccc1-n1c(S[C@H](C)C(=O)N(C)C)nc2ccccc2c1=O. The number of nitrogens with zero attached hydrogens (tertiary/aromatic N) is 3. The van der Waals surface area contributed by atoms with Gasteiger partial charge in [-0.2, -0.15) is 0 Å². The lowest BCUT2D eigenvalue weighted by Gasteiger charge is -2.19. The zero-order valence-electron chi connectivity index (χ0n) is 15.3. The molecule has 1 amide bonds. The summed E-state index contributed by atoms with van der Waals surface area (Å²) in [4.78, 5) is 31.7. The van der Waals surface area contributed by atoms with Gasteiger partial charge in [-0.25, -0.2) is 4.98 Å². The molecule has 1 heterocycles. The standard InChI is InChI=1S/C20H21N3O2S/c1-13-9-5-8-12-17(13)23-19(25)15-10-6-7-11-16(15)21-20(23)26-14(2)18(24)22(3)4/h5-12,14H,1-4H3/t14-/m1/s1. The van der Waals surface area contributed by atoms with Crippen molar-refractivity contribution in [1.82, 2.24) is 14.5 Å². The van der Waals surface area contributed by atoms with Gasteiger partial charge in [-0.3, -0.25) is 14.2 Å². The molecule has 1 aromatic heterocycles. The number of hydrogen-bond donors (Lipinski definition) is 0. The Morgan fingerprint density at radius 1 is 1.12 bits per heavy atom. The van der Waals surface area contributed by atoms with Crippen molar-refractivity contribution in [1.29, 1.82) is 0 Å². The largest absolute Gasteiger partial charge is 0.348 e. The first kappa shape index (κ1) is 18.2. The van der Waals surface area contributed by atoms with Crippen LogP contribution in [0.15, 0.2) is 58.5 Å². The molecule has 6 heteroatoms. The van der Waals surface area contributed by atoms with E-state index in [0.29, 0.717) is 16.1 Å². The highest BCUT2D eigenvalue weighted by Gasteiger charge is 2.21. The summed E-state index contributed by atoms with van der Waals surface area (Å²) in [5, 5.41) is 0.728. The smallest absolute Gasteiger partial charge is 0.266 e. The molecule has 0 bridgehead atoms. The zero-order valence-corrected chi connectivity index (χ0v) is 16.1. The molecular formula is C20H21N3O2S. The van der Waals surface area contributed by atoms with E-state index in [-0.39, 0.29) is 16.7 Å². The molecule has 5 nitrogen and oxygen atoms in total. The molecule has 3 rings (SSSR count). The number of hydrogen-bond acceptors (Lipinski definition) is 4. The van der Waals surface area contributed by atoms with Gasteiger partial charge in [0.25, 0.3) is 5.56 Å². The van der Waals surface area contributed by atoms with Gasteiger partial charge < -0.3 is 4.90 Å². The van der Waals surface area contributed by atoms with Crippen LogP contribution < -0.4 is 5.56 Å². The van der Waals surface area contributed by atoms with Gasteiger partial charge in [0.05, 0.1) is 21.8 Å². The van der Waals surface area contributed by atoms with Crippen molar-refractivity contribution >= 4 is 28.6 Å². The van der Waals surface area contributed by atoms with Crippen molar-refractivity contribution < 1.29 is 4.79 Å². The highest BCUT2D eigenvalue weighted by atomic mass is 32.2. The van der Waals surface area contributed by atoms with Crippen LogP contribution in [0.5, 0.6) is 0 Å². The molecule has 0 radical (unpaired) electrons. The lowest BCUT2D eigenvalue weighted by atomic mass is 10.2. The van der Waals surface area contributed by atoms with Crippen LogP contribution in [-0.4, -0.2) is 39.7 Å². The second-order valence-electron chi connectivity index (χ2n) is 6.33. The van der Waals surface area contributed by atoms with E-state index in [4.69, 9.17) is 4.98 Å². The number of benzene rings is 2. The Balaban J connectivity index is 2.24. The van der Waals surface area contributed by atoms with Gasteiger partial charge >= 0.3 is 0 Å². The number of carbonyl (C=O) groups excluding carboxylic acids is 1. The topological polar surface area (TPSA) is 55.2 Å². The molecule has 0 saturated carbocycles. The van der Waals surface area contributed by atoms with Gasteiger partial charge in [-0.1, -0.05) is 42.1 Å². The highest BCUT2D eigenvalue weighted by Crippen LogP contribution is 2.26. The molecule has 3 aromatic rings. The van der Waals surface area contributed by atoms with Crippen molar-refractivity contribution in [3.8, 4) is 5.69 Å². The normalized spacial score (nSPS) is 12.2. The van der Waals surface area contributed by atoms with Gasteiger partial charge in [-0.15, -0.1) is 0 Å². The van der Waals surface area contributed by atoms with E-state index in [1.165, 1.54) is 11.8 Å². The van der Waals surface area contributed by atoms with E-state index in [2.05, 4.69) is 0 Å². The molecule has 0 unspecified atom stereocenters. The van der Waals surface area contributed by atoms with Crippen LogP contribution in [-0.2, 0) is 4.79 Å². The van der Waals surface area contributed by atoms with E-state index >= 15 is 0 Å². The van der Waals surface area contributed by atoms with E-state index < -0.39 is 0 Å². The number of rotatable bonds is 4. The quantitative estimate of drug-likeness (QED) is 0.525. The number of para-hydroxylation sites is 2. The van der Waals surface area contributed by atoms with Gasteiger partial charge in [0.15, 0.2) is 5.16 Å². The van der Waals surface area contributed by atoms with Crippen LogP contribution in [0.3, 0.4) is 0 Å². The molecule has 0 N–H and O–H groups in total. The lowest BCUT2D eigenvalue weighted by molar-refractivity contribution is -0.127. The van der Waals surface area contributed by atoms with Gasteiger partial charge in [-0.05, 0) is 37.6 Å². The minimum atomic E-state index is -0.353. The summed E-state index contributed by atoms with van der Waals surface area (Å²) in [6.45, 7) is 3.79. The minimum absolute atomic E-state index is 0.0197. The highest BCUT2D eigenvalue weighted by molar-refractivity contribution is 8.00. The Bertz CT molecular complexity index is 1030. The molecule has 0 aliphatic carbocycles. The van der Waals surface area contributed by atoms with Gasteiger partial charge in [0.2, 0.25) is 5.91 Å². The maximum absolute atomic E-state index is 13.2. The Morgan fingerprint density at radius 3 is 2.46 bits per heavy atom. The maximum Gasteiger partial charge on any atom is 0.266 e. The third-order valence-electron chi connectivity index (χ3n) is 4.17. The number of amides is 1. The summed E-state index contributed by atoms with van der Waals surface area (Å²) in [6, 6.07) is 15.0. The number of fused-ring (bicyclic) bond motifs is 1. The summed E-state index contributed by atoms with van der Waals surface area (Å²) in [5.74, 6) is -0.0197. The fraction of sp³-hybridized carbons (Fsp3) is 0.250.